The second-order valence-electron chi connectivity index (χ2n) is 2.90. The van der Waals surface area contributed by atoms with Crippen molar-refractivity contribution in [3.8, 4) is 6.07 Å². The summed E-state index contributed by atoms with van der Waals surface area (Å²) in [4.78, 5) is 0. The highest BCUT2D eigenvalue weighted by atomic mass is 32.2. The number of nitrogens with zero attached hydrogens (tertiary/aromatic N) is 1. The molecule has 2 heteroatoms. The molecule has 0 aliphatic heterocycles. The van der Waals surface area contributed by atoms with Gasteiger partial charge in [-0.2, -0.15) is 17.0 Å². The minimum atomic E-state index is 0.507. The summed E-state index contributed by atoms with van der Waals surface area (Å²) in [6, 6.07) is 2.17. The van der Waals surface area contributed by atoms with Gasteiger partial charge in [-0.3, -0.25) is 0 Å². The lowest BCUT2D eigenvalue weighted by atomic mass is 10.3. The minimum absolute atomic E-state index is 0.507. The molecule has 58 valence electrons. The molecular formula is C8H15NS. The molecule has 0 bridgehead atoms. The molecule has 0 amide bonds. The van der Waals surface area contributed by atoms with E-state index in [1.807, 2.05) is 11.8 Å². The maximum atomic E-state index is 8.34. The smallest absolute Gasteiger partial charge is 0.0633 e. The molecule has 0 saturated carbocycles. The number of rotatable bonds is 4. The number of hydrogen-bond donors (Lipinski definition) is 0. The van der Waals surface area contributed by atoms with Crippen molar-refractivity contribution < 1.29 is 0 Å². The van der Waals surface area contributed by atoms with E-state index in [1.165, 1.54) is 5.75 Å². The Bertz CT molecular complexity index is 115. The Hall–Kier alpha value is -0.160. The molecule has 0 aromatic heterocycles. The largest absolute Gasteiger partial charge is 0.198 e. The van der Waals surface area contributed by atoms with Crippen LogP contribution in [0.5, 0.6) is 0 Å². The molecule has 0 spiro atoms. The van der Waals surface area contributed by atoms with Crippen molar-refractivity contribution in [2.24, 2.45) is 5.92 Å². The van der Waals surface area contributed by atoms with Gasteiger partial charge in [0.05, 0.1) is 6.07 Å². The molecule has 1 atom stereocenters. The van der Waals surface area contributed by atoms with E-state index in [0.717, 1.165) is 5.92 Å². The Kier molecular flexibility index (Phi) is 5.52. The number of nitriles is 1. The number of thioether (sulfide) groups is 1. The van der Waals surface area contributed by atoms with E-state index in [0.29, 0.717) is 11.7 Å². The zero-order chi connectivity index (χ0) is 7.98. The Morgan fingerprint density at radius 3 is 2.40 bits per heavy atom. The topological polar surface area (TPSA) is 23.8 Å². The summed E-state index contributed by atoms with van der Waals surface area (Å²) < 4.78 is 0. The van der Waals surface area contributed by atoms with Crippen LogP contribution >= 0.6 is 11.8 Å². The molecule has 0 saturated heterocycles. The molecule has 0 N–H and O–H groups in total. The van der Waals surface area contributed by atoms with Crippen LogP contribution in [0, 0.1) is 17.2 Å². The summed E-state index contributed by atoms with van der Waals surface area (Å²) >= 11 is 1.89. The van der Waals surface area contributed by atoms with E-state index in [2.05, 4.69) is 26.8 Å². The Morgan fingerprint density at radius 2 is 2.00 bits per heavy atom. The normalized spacial score (nSPS) is 13.1. The van der Waals surface area contributed by atoms with Gasteiger partial charge in [0.2, 0.25) is 0 Å². The first-order chi connectivity index (χ1) is 4.66. The van der Waals surface area contributed by atoms with Gasteiger partial charge in [-0.15, -0.1) is 0 Å². The first-order valence-corrected chi connectivity index (χ1v) is 4.70. The molecule has 0 fully saturated rings. The Balaban J connectivity index is 3.23. The van der Waals surface area contributed by atoms with Crippen molar-refractivity contribution in [1.29, 1.82) is 5.26 Å². The van der Waals surface area contributed by atoms with Crippen LogP contribution in [0.25, 0.3) is 0 Å². The first-order valence-electron chi connectivity index (χ1n) is 3.65. The van der Waals surface area contributed by atoms with Crippen molar-refractivity contribution in [3.05, 3.63) is 0 Å². The molecule has 1 unspecified atom stereocenters. The third-order valence-electron chi connectivity index (χ3n) is 1.09. The lowest BCUT2D eigenvalue weighted by Crippen LogP contribution is -1.99. The molecule has 0 aliphatic carbocycles. The maximum Gasteiger partial charge on any atom is 0.0633 e. The average molecular weight is 157 g/mol. The third-order valence-corrected chi connectivity index (χ3v) is 2.69. The first kappa shape index (κ1) is 9.84. The Morgan fingerprint density at radius 1 is 1.40 bits per heavy atom. The summed E-state index contributed by atoms with van der Waals surface area (Å²) in [6.07, 6.45) is 0.678. The van der Waals surface area contributed by atoms with Gasteiger partial charge in [0.15, 0.2) is 0 Å². The second-order valence-corrected chi connectivity index (χ2v) is 4.37. The molecule has 0 heterocycles. The van der Waals surface area contributed by atoms with Crippen LogP contribution in [0.3, 0.4) is 0 Å². The van der Waals surface area contributed by atoms with Gasteiger partial charge in [0.1, 0.15) is 0 Å². The fraction of sp³-hybridized carbons (Fsp3) is 0.875. The highest BCUT2D eigenvalue weighted by Crippen LogP contribution is 2.16. The van der Waals surface area contributed by atoms with Crippen LogP contribution < -0.4 is 0 Å². The fourth-order valence-electron chi connectivity index (χ4n) is 0.544. The van der Waals surface area contributed by atoms with Gasteiger partial charge in [0.25, 0.3) is 0 Å². The summed E-state index contributed by atoms with van der Waals surface area (Å²) in [6.45, 7) is 6.51. The fourth-order valence-corrected chi connectivity index (χ4v) is 1.45. The molecule has 0 aromatic carbocycles. The molecule has 0 aromatic rings. The quantitative estimate of drug-likeness (QED) is 0.626. The van der Waals surface area contributed by atoms with Gasteiger partial charge < -0.3 is 0 Å². The molecule has 1 nitrogen and oxygen atoms in total. The maximum absolute atomic E-state index is 8.34. The molecule has 0 rings (SSSR count). The van der Waals surface area contributed by atoms with E-state index in [9.17, 15) is 0 Å². The SMILES string of the molecule is CC(C)CSC(C)CC#N. The van der Waals surface area contributed by atoms with Crippen LogP contribution in [0.2, 0.25) is 0 Å². The van der Waals surface area contributed by atoms with Crippen molar-refractivity contribution in [2.45, 2.75) is 32.4 Å². The number of hydrogen-bond acceptors (Lipinski definition) is 2. The van der Waals surface area contributed by atoms with Crippen molar-refractivity contribution >= 4 is 11.8 Å². The highest BCUT2D eigenvalue weighted by Gasteiger charge is 2.02. The Labute approximate surface area is 67.8 Å². The van der Waals surface area contributed by atoms with E-state index in [1.54, 1.807) is 0 Å². The minimum Gasteiger partial charge on any atom is -0.198 e. The van der Waals surface area contributed by atoms with E-state index < -0.39 is 0 Å². The molecule has 0 aliphatic rings. The van der Waals surface area contributed by atoms with Crippen molar-refractivity contribution in [1.82, 2.24) is 0 Å². The monoisotopic (exact) mass is 157 g/mol. The van der Waals surface area contributed by atoms with Crippen LogP contribution in [0.4, 0.5) is 0 Å². The second kappa shape index (κ2) is 5.61. The van der Waals surface area contributed by atoms with Gasteiger partial charge in [-0.25, -0.2) is 0 Å². The van der Waals surface area contributed by atoms with E-state index in [-0.39, 0.29) is 0 Å². The summed E-state index contributed by atoms with van der Waals surface area (Å²) in [7, 11) is 0. The highest BCUT2D eigenvalue weighted by molar-refractivity contribution is 7.99. The zero-order valence-corrected chi connectivity index (χ0v) is 7.74. The predicted molar refractivity (Wildman–Crippen MR) is 47.0 cm³/mol. The zero-order valence-electron chi connectivity index (χ0n) is 6.92. The van der Waals surface area contributed by atoms with Crippen LogP contribution in [0.15, 0.2) is 0 Å². The van der Waals surface area contributed by atoms with Crippen molar-refractivity contribution in [2.75, 3.05) is 5.75 Å². The van der Waals surface area contributed by atoms with Gasteiger partial charge in [-0.05, 0) is 11.7 Å². The van der Waals surface area contributed by atoms with E-state index >= 15 is 0 Å². The summed E-state index contributed by atoms with van der Waals surface area (Å²) in [5.74, 6) is 1.91. The predicted octanol–water partition coefficient (Wildman–Crippen LogP) is 2.68. The van der Waals surface area contributed by atoms with E-state index in [4.69, 9.17) is 5.26 Å². The van der Waals surface area contributed by atoms with Gasteiger partial charge in [0, 0.05) is 11.7 Å². The summed E-state index contributed by atoms with van der Waals surface area (Å²) in [5.41, 5.74) is 0. The van der Waals surface area contributed by atoms with Gasteiger partial charge in [-0.1, -0.05) is 20.8 Å². The van der Waals surface area contributed by atoms with Crippen LogP contribution in [0.1, 0.15) is 27.2 Å². The lowest BCUT2D eigenvalue weighted by Gasteiger charge is -2.08. The lowest BCUT2D eigenvalue weighted by molar-refractivity contribution is 0.747. The van der Waals surface area contributed by atoms with Gasteiger partial charge >= 0.3 is 0 Å². The van der Waals surface area contributed by atoms with Crippen LogP contribution in [-0.2, 0) is 0 Å². The molecule has 10 heavy (non-hydrogen) atoms. The standard InChI is InChI=1S/C8H15NS/c1-7(2)6-10-8(3)4-5-9/h7-8H,4,6H2,1-3H3. The molecule has 0 radical (unpaired) electrons. The van der Waals surface area contributed by atoms with Crippen molar-refractivity contribution in [3.63, 3.8) is 0 Å². The third kappa shape index (κ3) is 5.97. The molecular weight excluding hydrogens is 142 g/mol. The summed E-state index contributed by atoms with van der Waals surface area (Å²) in [5, 5.41) is 8.85. The van der Waals surface area contributed by atoms with Crippen LogP contribution in [-0.4, -0.2) is 11.0 Å². The average Bonchev–Trinajstić information content (AvgIpc) is 1.85.